The standard InChI is InChI=1S/C22H28N2O5S/c1-2-28-12-13-29-17-19-6-3-5-18(15-19)16-23-22(25)20-7-9-21(10-8-20)24-11-4-14-30(24,26)27/h3,5-10,15H,2,4,11-14,16-17H2,1H3,(H,23,25). The molecule has 1 N–H and O–H groups in total. The van der Waals surface area contributed by atoms with E-state index in [1.807, 2.05) is 31.2 Å². The van der Waals surface area contributed by atoms with Gasteiger partial charge in [-0.3, -0.25) is 9.10 Å². The summed E-state index contributed by atoms with van der Waals surface area (Å²) in [5.74, 6) is -0.0320. The van der Waals surface area contributed by atoms with Crippen LogP contribution in [-0.2, 0) is 32.6 Å². The van der Waals surface area contributed by atoms with Crippen LogP contribution in [0.25, 0.3) is 0 Å². The van der Waals surface area contributed by atoms with Gasteiger partial charge in [0.2, 0.25) is 10.0 Å². The summed E-state index contributed by atoms with van der Waals surface area (Å²) in [5, 5.41) is 2.90. The Kier molecular flexibility index (Phi) is 7.84. The number of ether oxygens (including phenoxy) is 2. The average Bonchev–Trinajstić information content (AvgIpc) is 3.11. The van der Waals surface area contributed by atoms with Crippen LogP contribution >= 0.6 is 0 Å². The minimum atomic E-state index is -3.22. The molecule has 1 heterocycles. The van der Waals surface area contributed by atoms with Crippen LogP contribution in [0, 0.1) is 0 Å². The first kappa shape index (κ1) is 22.3. The zero-order chi connectivity index (χ0) is 21.4. The predicted molar refractivity (Wildman–Crippen MR) is 116 cm³/mol. The monoisotopic (exact) mass is 432 g/mol. The van der Waals surface area contributed by atoms with Gasteiger partial charge in [-0.2, -0.15) is 0 Å². The largest absolute Gasteiger partial charge is 0.379 e. The third-order valence-corrected chi connectivity index (χ3v) is 6.68. The molecule has 2 aromatic rings. The summed E-state index contributed by atoms with van der Waals surface area (Å²) in [6.07, 6.45) is 0.626. The molecule has 3 rings (SSSR count). The molecule has 1 saturated heterocycles. The van der Waals surface area contributed by atoms with Crippen molar-refractivity contribution in [1.29, 1.82) is 0 Å². The van der Waals surface area contributed by atoms with Crippen molar-refractivity contribution in [3.05, 3.63) is 65.2 Å². The van der Waals surface area contributed by atoms with Gasteiger partial charge in [0, 0.05) is 25.3 Å². The fourth-order valence-electron chi connectivity index (χ4n) is 3.27. The Bertz CT molecular complexity index is 944. The van der Waals surface area contributed by atoms with Crippen LogP contribution in [0.15, 0.2) is 48.5 Å². The molecule has 0 saturated carbocycles. The van der Waals surface area contributed by atoms with Gasteiger partial charge in [0.25, 0.3) is 5.91 Å². The molecule has 30 heavy (non-hydrogen) atoms. The molecule has 0 bridgehead atoms. The highest BCUT2D eigenvalue weighted by Gasteiger charge is 2.28. The Morgan fingerprint density at radius 2 is 1.80 bits per heavy atom. The van der Waals surface area contributed by atoms with Crippen molar-refractivity contribution in [2.75, 3.05) is 36.4 Å². The lowest BCUT2D eigenvalue weighted by Gasteiger charge is -2.17. The molecule has 7 nitrogen and oxygen atoms in total. The van der Waals surface area contributed by atoms with Crippen LogP contribution in [0.4, 0.5) is 5.69 Å². The molecule has 8 heteroatoms. The highest BCUT2D eigenvalue weighted by molar-refractivity contribution is 7.93. The first-order valence-corrected chi connectivity index (χ1v) is 11.7. The molecule has 1 fully saturated rings. The van der Waals surface area contributed by atoms with E-state index in [0.717, 1.165) is 11.1 Å². The van der Waals surface area contributed by atoms with E-state index >= 15 is 0 Å². The van der Waals surface area contributed by atoms with Crippen LogP contribution in [0.3, 0.4) is 0 Å². The molecule has 0 radical (unpaired) electrons. The Labute approximate surface area is 178 Å². The number of rotatable bonds is 10. The fraction of sp³-hybridized carbons (Fsp3) is 0.409. The SMILES string of the molecule is CCOCCOCc1cccc(CNC(=O)c2ccc(N3CCCS3(=O)=O)cc2)c1. The van der Waals surface area contributed by atoms with Gasteiger partial charge in [-0.1, -0.05) is 24.3 Å². The number of anilines is 1. The van der Waals surface area contributed by atoms with Crippen molar-refractivity contribution in [3.8, 4) is 0 Å². The normalized spacial score (nSPS) is 15.3. The van der Waals surface area contributed by atoms with Gasteiger partial charge in [0.15, 0.2) is 0 Å². The summed E-state index contributed by atoms with van der Waals surface area (Å²) in [6, 6.07) is 14.5. The predicted octanol–water partition coefficient (Wildman–Crippen LogP) is 2.71. The van der Waals surface area contributed by atoms with Gasteiger partial charge in [0.1, 0.15) is 0 Å². The maximum atomic E-state index is 12.5. The van der Waals surface area contributed by atoms with Crippen LogP contribution in [0.2, 0.25) is 0 Å². The van der Waals surface area contributed by atoms with E-state index in [4.69, 9.17) is 9.47 Å². The van der Waals surface area contributed by atoms with E-state index in [1.165, 1.54) is 4.31 Å². The number of nitrogens with one attached hydrogen (secondary N) is 1. The second-order valence-electron chi connectivity index (χ2n) is 7.04. The Balaban J connectivity index is 1.51. The lowest BCUT2D eigenvalue weighted by Crippen LogP contribution is -2.25. The number of amides is 1. The smallest absolute Gasteiger partial charge is 0.251 e. The van der Waals surface area contributed by atoms with Crippen molar-refractivity contribution in [3.63, 3.8) is 0 Å². The van der Waals surface area contributed by atoms with Crippen molar-refractivity contribution >= 4 is 21.6 Å². The molecule has 2 aromatic carbocycles. The molecular weight excluding hydrogens is 404 g/mol. The fourth-order valence-corrected chi connectivity index (χ4v) is 4.84. The van der Waals surface area contributed by atoms with E-state index in [1.54, 1.807) is 24.3 Å². The zero-order valence-corrected chi connectivity index (χ0v) is 18.0. The lowest BCUT2D eigenvalue weighted by atomic mass is 10.1. The number of hydrogen-bond acceptors (Lipinski definition) is 5. The van der Waals surface area contributed by atoms with Gasteiger partial charge in [-0.15, -0.1) is 0 Å². The Hall–Kier alpha value is -2.42. The summed E-state index contributed by atoms with van der Waals surface area (Å²) >= 11 is 0. The number of sulfonamides is 1. The van der Waals surface area contributed by atoms with Gasteiger partial charge in [-0.25, -0.2) is 8.42 Å². The van der Waals surface area contributed by atoms with E-state index in [0.29, 0.717) is 57.2 Å². The summed E-state index contributed by atoms with van der Waals surface area (Å²) in [5.41, 5.74) is 3.11. The third-order valence-electron chi connectivity index (χ3n) is 4.81. The van der Waals surface area contributed by atoms with Crippen LogP contribution < -0.4 is 9.62 Å². The third kappa shape index (κ3) is 6.04. The van der Waals surface area contributed by atoms with Gasteiger partial charge < -0.3 is 14.8 Å². The molecule has 0 aliphatic carbocycles. The lowest BCUT2D eigenvalue weighted by molar-refractivity contribution is 0.0453. The maximum absolute atomic E-state index is 12.5. The van der Waals surface area contributed by atoms with E-state index < -0.39 is 10.0 Å². The summed E-state index contributed by atoms with van der Waals surface area (Å²) in [7, 11) is -3.22. The quantitative estimate of drug-likeness (QED) is 0.584. The van der Waals surface area contributed by atoms with Crippen molar-refractivity contribution in [2.45, 2.75) is 26.5 Å². The summed E-state index contributed by atoms with van der Waals surface area (Å²) in [6.45, 7) is 5.13. The molecule has 0 atom stereocenters. The van der Waals surface area contributed by atoms with E-state index in [-0.39, 0.29) is 11.7 Å². The van der Waals surface area contributed by atoms with Crippen molar-refractivity contribution in [1.82, 2.24) is 5.32 Å². The molecule has 0 spiro atoms. The molecule has 0 aromatic heterocycles. The molecular formula is C22H28N2O5S. The number of nitrogens with zero attached hydrogens (tertiary/aromatic N) is 1. The van der Waals surface area contributed by atoms with Crippen molar-refractivity contribution in [2.24, 2.45) is 0 Å². The number of benzene rings is 2. The number of carbonyl (C=O) groups is 1. The molecule has 1 amide bonds. The summed E-state index contributed by atoms with van der Waals surface area (Å²) in [4.78, 5) is 12.5. The minimum absolute atomic E-state index is 0.172. The summed E-state index contributed by atoms with van der Waals surface area (Å²) < 4.78 is 36.2. The van der Waals surface area contributed by atoms with Crippen LogP contribution in [0.1, 0.15) is 34.8 Å². The second-order valence-corrected chi connectivity index (χ2v) is 9.05. The Morgan fingerprint density at radius 3 is 2.50 bits per heavy atom. The van der Waals surface area contributed by atoms with E-state index in [2.05, 4.69) is 5.32 Å². The van der Waals surface area contributed by atoms with Gasteiger partial charge in [-0.05, 0) is 48.7 Å². The topological polar surface area (TPSA) is 84.9 Å². The highest BCUT2D eigenvalue weighted by atomic mass is 32.2. The van der Waals surface area contributed by atoms with Crippen LogP contribution in [0.5, 0.6) is 0 Å². The molecule has 162 valence electrons. The number of hydrogen-bond donors (Lipinski definition) is 1. The Morgan fingerprint density at radius 1 is 1.07 bits per heavy atom. The molecule has 0 unspecified atom stereocenters. The molecule has 1 aliphatic heterocycles. The van der Waals surface area contributed by atoms with Crippen molar-refractivity contribution < 1.29 is 22.7 Å². The zero-order valence-electron chi connectivity index (χ0n) is 17.2. The second kappa shape index (κ2) is 10.6. The highest BCUT2D eigenvalue weighted by Crippen LogP contribution is 2.24. The van der Waals surface area contributed by atoms with Gasteiger partial charge in [0.05, 0.1) is 31.3 Å². The maximum Gasteiger partial charge on any atom is 0.251 e. The van der Waals surface area contributed by atoms with Gasteiger partial charge >= 0.3 is 0 Å². The average molecular weight is 433 g/mol. The minimum Gasteiger partial charge on any atom is -0.379 e. The first-order chi connectivity index (χ1) is 14.5. The molecule has 1 aliphatic rings. The van der Waals surface area contributed by atoms with E-state index in [9.17, 15) is 13.2 Å². The van der Waals surface area contributed by atoms with Crippen LogP contribution in [-0.4, -0.2) is 46.4 Å². The number of carbonyl (C=O) groups excluding carboxylic acids is 1. The first-order valence-electron chi connectivity index (χ1n) is 10.1.